The SMILES string of the molecule is Clc1cnccc1NCCCN1CCN(c2ncccn2)CC1. The smallest absolute Gasteiger partial charge is 0.225 e. The Kier molecular flexibility index (Phi) is 5.60. The van der Waals surface area contributed by atoms with Gasteiger partial charge in [-0.1, -0.05) is 11.6 Å². The molecule has 0 unspecified atom stereocenters. The normalized spacial score (nSPS) is 15.6. The highest BCUT2D eigenvalue weighted by atomic mass is 35.5. The van der Waals surface area contributed by atoms with E-state index in [2.05, 4.69) is 30.1 Å². The zero-order valence-electron chi connectivity index (χ0n) is 13.0. The molecule has 0 saturated carbocycles. The number of nitrogens with zero attached hydrogens (tertiary/aromatic N) is 5. The monoisotopic (exact) mass is 332 g/mol. The first-order chi connectivity index (χ1) is 11.3. The van der Waals surface area contributed by atoms with E-state index < -0.39 is 0 Å². The van der Waals surface area contributed by atoms with Crippen molar-refractivity contribution in [2.24, 2.45) is 0 Å². The van der Waals surface area contributed by atoms with Crippen molar-refractivity contribution in [2.75, 3.05) is 49.5 Å². The van der Waals surface area contributed by atoms with Crippen LogP contribution in [0.25, 0.3) is 0 Å². The molecule has 0 bridgehead atoms. The van der Waals surface area contributed by atoms with E-state index in [1.807, 2.05) is 12.1 Å². The number of halogens is 1. The van der Waals surface area contributed by atoms with E-state index in [-0.39, 0.29) is 0 Å². The number of aromatic nitrogens is 3. The molecule has 2 aromatic heterocycles. The molecule has 0 radical (unpaired) electrons. The molecule has 0 aromatic carbocycles. The molecule has 1 N–H and O–H groups in total. The first-order valence-corrected chi connectivity index (χ1v) is 8.28. The van der Waals surface area contributed by atoms with Crippen LogP contribution in [0.5, 0.6) is 0 Å². The topological polar surface area (TPSA) is 57.2 Å². The van der Waals surface area contributed by atoms with Gasteiger partial charge in [0.1, 0.15) is 0 Å². The van der Waals surface area contributed by atoms with Crippen molar-refractivity contribution in [3.8, 4) is 0 Å². The van der Waals surface area contributed by atoms with Crippen molar-refractivity contribution in [1.29, 1.82) is 0 Å². The van der Waals surface area contributed by atoms with E-state index in [1.54, 1.807) is 24.8 Å². The van der Waals surface area contributed by atoms with Crippen LogP contribution in [0.4, 0.5) is 11.6 Å². The molecule has 7 heteroatoms. The largest absolute Gasteiger partial charge is 0.384 e. The number of hydrogen-bond acceptors (Lipinski definition) is 6. The molecule has 0 atom stereocenters. The molecule has 3 heterocycles. The van der Waals surface area contributed by atoms with Gasteiger partial charge < -0.3 is 10.2 Å². The Morgan fingerprint density at radius 1 is 1.09 bits per heavy atom. The van der Waals surface area contributed by atoms with Crippen LogP contribution in [0.3, 0.4) is 0 Å². The maximum atomic E-state index is 6.07. The zero-order chi connectivity index (χ0) is 15.9. The summed E-state index contributed by atoms with van der Waals surface area (Å²) < 4.78 is 0. The maximum Gasteiger partial charge on any atom is 0.225 e. The minimum atomic E-state index is 0.670. The van der Waals surface area contributed by atoms with Crippen LogP contribution < -0.4 is 10.2 Å². The van der Waals surface area contributed by atoms with Crippen LogP contribution in [0, 0.1) is 0 Å². The Bertz CT molecular complexity index is 601. The average Bonchev–Trinajstić information content (AvgIpc) is 2.61. The number of pyridine rings is 1. The van der Waals surface area contributed by atoms with Gasteiger partial charge in [0.25, 0.3) is 0 Å². The summed E-state index contributed by atoms with van der Waals surface area (Å²) >= 11 is 6.07. The molecule has 1 saturated heterocycles. The predicted molar refractivity (Wildman–Crippen MR) is 93.0 cm³/mol. The van der Waals surface area contributed by atoms with Gasteiger partial charge in [-0.2, -0.15) is 0 Å². The third-order valence-corrected chi connectivity index (χ3v) is 4.25. The molecule has 1 fully saturated rings. The van der Waals surface area contributed by atoms with Crippen LogP contribution in [-0.2, 0) is 0 Å². The first kappa shape index (κ1) is 16.0. The van der Waals surface area contributed by atoms with Crippen LogP contribution in [0.1, 0.15) is 6.42 Å². The van der Waals surface area contributed by atoms with E-state index in [0.29, 0.717) is 5.02 Å². The van der Waals surface area contributed by atoms with Gasteiger partial charge in [0.15, 0.2) is 0 Å². The lowest BCUT2D eigenvalue weighted by Crippen LogP contribution is -2.47. The highest BCUT2D eigenvalue weighted by Crippen LogP contribution is 2.18. The zero-order valence-corrected chi connectivity index (χ0v) is 13.8. The first-order valence-electron chi connectivity index (χ1n) is 7.90. The molecule has 3 rings (SSSR count). The minimum absolute atomic E-state index is 0.670. The summed E-state index contributed by atoms with van der Waals surface area (Å²) in [4.78, 5) is 17.3. The van der Waals surface area contributed by atoms with Gasteiger partial charge >= 0.3 is 0 Å². The van der Waals surface area contributed by atoms with Crippen molar-refractivity contribution in [3.63, 3.8) is 0 Å². The maximum absolute atomic E-state index is 6.07. The Labute approximate surface area is 141 Å². The number of hydrogen-bond donors (Lipinski definition) is 1. The molecule has 2 aromatic rings. The highest BCUT2D eigenvalue weighted by Gasteiger charge is 2.18. The van der Waals surface area contributed by atoms with Crippen molar-refractivity contribution in [3.05, 3.63) is 41.9 Å². The molecule has 122 valence electrons. The lowest BCUT2D eigenvalue weighted by Gasteiger charge is -2.34. The van der Waals surface area contributed by atoms with Crippen molar-refractivity contribution in [1.82, 2.24) is 19.9 Å². The van der Waals surface area contributed by atoms with Gasteiger partial charge in [0.2, 0.25) is 5.95 Å². The van der Waals surface area contributed by atoms with E-state index >= 15 is 0 Å². The Hall–Kier alpha value is -1.92. The predicted octanol–water partition coefficient (Wildman–Crippen LogP) is 2.15. The molecule has 1 aliphatic rings. The second-order valence-corrected chi connectivity index (χ2v) is 5.92. The third-order valence-electron chi connectivity index (χ3n) is 3.95. The van der Waals surface area contributed by atoms with E-state index in [1.165, 1.54) is 0 Å². The number of rotatable bonds is 6. The van der Waals surface area contributed by atoms with Crippen LogP contribution >= 0.6 is 11.6 Å². The molecular formula is C16H21ClN6. The quantitative estimate of drug-likeness (QED) is 0.818. The lowest BCUT2D eigenvalue weighted by atomic mass is 10.3. The Morgan fingerprint density at radius 3 is 2.61 bits per heavy atom. The van der Waals surface area contributed by atoms with Gasteiger partial charge in [0.05, 0.1) is 10.7 Å². The Morgan fingerprint density at radius 2 is 1.87 bits per heavy atom. The second-order valence-electron chi connectivity index (χ2n) is 5.51. The van der Waals surface area contributed by atoms with Gasteiger partial charge in [-0.25, -0.2) is 9.97 Å². The molecule has 0 aliphatic carbocycles. The Balaban J connectivity index is 1.36. The summed E-state index contributed by atoms with van der Waals surface area (Å²) in [5, 5.41) is 4.03. The standard InChI is InChI=1S/C16H21ClN6/c17-14-13-18-7-3-15(14)19-6-2-8-22-9-11-23(12-10-22)16-20-4-1-5-21-16/h1,3-5,7,13H,2,6,8-12H2,(H,18,19). The summed E-state index contributed by atoms with van der Waals surface area (Å²) in [7, 11) is 0. The summed E-state index contributed by atoms with van der Waals surface area (Å²) in [6, 6.07) is 3.75. The van der Waals surface area contributed by atoms with Crippen LogP contribution in [0.15, 0.2) is 36.9 Å². The fourth-order valence-electron chi connectivity index (χ4n) is 2.67. The van der Waals surface area contributed by atoms with E-state index in [9.17, 15) is 0 Å². The van der Waals surface area contributed by atoms with Crippen molar-refractivity contribution >= 4 is 23.2 Å². The third kappa shape index (κ3) is 4.53. The number of anilines is 2. The molecule has 6 nitrogen and oxygen atoms in total. The van der Waals surface area contributed by atoms with Gasteiger partial charge in [-0.05, 0) is 25.1 Å². The summed E-state index contributed by atoms with van der Waals surface area (Å²) in [6.07, 6.45) is 8.09. The van der Waals surface area contributed by atoms with Gasteiger partial charge in [0, 0.05) is 57.5 Å². The second kappa shape index (κ2) is 8.08. The summed E-state index contributed by atoms with van der Waals surface area (Å²) in [5.74, 6) is 0.834. The molecule has 0 amide bonds. The highest BCUT2D eigenvalue weighted by molar-refractivity contribution is 6.33. The van der Waals surface area contributed by atoms with Crippen molar-refractivity contribution < 1.29 is 0 Å². The summed E-state index contributed by atoms with van der Waals surface area (Å²) in [5.41, 5.74) is 0.952. The van der Waals surface area contributed by atoms with Gasteiger partial charge in [-0.3, -0.25) is 9.88 Å². The molecule has 23 heavy (non-hydrogen) atoms. The molecular weight excluding hydrogens is 312 g/mol. The summed E-state index contributed by atoms with van der Waals surface area (Å²) in [6.45, 7) is 6.05. The van der Waals surface area contributed by atoms with Crippen LogP contribution in [0.2, 0.25) is 5.02 Å². The van der Waals surface area contributed by atoms with Gasteiger partial charge in [-0.15, -0.1) is 0 Å². The van der Waals surface area contributed by atoms with E-state index in [4.69, 9.17) is 11.6 Å². The lowest BCUT2D eigenvalue weighted by molar-refractivity contribution is 0.256. The average molecular weight is 333 g/mol. The number of nitrogens with one attached hydrogen (secondary N) is 1. The minimum Gasteiger partial charge on any atom is -0.384 e. The molecule has 1 aliphatic heterocycles. The fourth-order valence-corrected chi connectivity index (χ4v) is 2.86. The number of piperazine rings is 1. The molecule has 0 spiro atoms. The van der Waals surface area contributed by atoms with Crippen LogP contribution in [-0.4, -0.2) is 59.1 Å². The van der Waals surface area contributed by atoms with E-state index in [0.717, 1.165) is 57.3 Å². The fraction of sp³-hybridized carbons (Fsp3) is 0.438. The van der Waals surface area contributed by atoms with Crippen molar-refractivity contribution in [2.45, 2.75) is 6.42 Å².